The molecule has 16 heteroatoms. The number of carboxylic acids is 3. The SMILES string of the molecule is N[C@@H](CCC(=O)O)C(=O)NCC(=O)N[C@@H](CO)C(=O)NCC(=O)N[C@@H](CCC(=O)O)C(=O)O. The maximum absolute atomic E-state index is 12.0. The summed E-state index contributed by atoms with van der Waals surface area (Å²) in [5, 5.41) is 43.7. The van der Waals surface area contributed by atoms with Crippen LogP contribution in [0.15, 0.2) is 0 Å². The monoisotopic (exact) mass is 477 g/mol. The predicted octanol–water partition coefficient (Wildman–Crippen LogP) is -4.68. The van der Waals surface area contributed by atoms with Crippen LogP contribution in [-0.4, -0.2) is 99.8 Å². The van der Waals surface area contributed by atoms with E-state index in [1.165, 1.54) is 0 Å². The number of carboxylic acid groups (broad SMARTS) is 3. The number of aliphatic hydroxyl groups excluding tert-OH is 1. The molecule has 0 aliphatic rings. The number of carbonyl (C=O) groups excluding carboxylic acids is 4. The molecule has 4 amide bonds. The first-order valence-electron chi connectivity index (χ1n) is 9.54. The quantitative estimate of drug-likeness (QED) is 0.101. The van der Waals surface area contributed by atoms with E-state index in [4.69, 9.17) is 21.1 Å². The van der Waals surface area contributed by atoms with E-state index in [1.54, 1.807) is 0 Å². The van der Waals surface area contributed by atoms with E-state index >= 15 is 0 Å². The van der Waals surface area contributed by atoms with E-state index in [0.29, 0.717) is 0 Å². The summed E-state index contributed by atoms with van der Waals surface area (Å²) in [6.07, 6.45) is -1.41. The standard InChI is InChI=1S/C17H27N5O11/c18-8(1-3-13(26)27)15(30)19-5-12(25)22-10(7-23)16(31)20-6-11(24)21-9(17(32)33)2-4-14(28)29/h8-10,23H,1-7,18H2,(H,19,30)(H,20,31)(H,21,24)(H,22,25)(H,26,27)(H,28,29)(H,32,33)/t8-,9-,10-/m0/s1. The van der Waals surface area contributed by atoms with Gasteiger partial charge in [0.2, 0.25) is 23.6 Å². The summed E-state index contributed by atoms with van der Waals surface area (Å²) in [6.45, 7) is -2.23. The number of nitrogens with two attached hydrogens (primary N) is 1. The van der Waals surface area contributed by atoms with E-state index in [0.717, 1.165) is 0 Å². The van der Waals surface area contributed by atoms with Crippen LogP contribution < -0.4 is 27.0 Å². The molecule has 10 N–H and O–H groups in total. The van der Waals surface area contributed by atoms with Gasteiger partial charge in [0.15, 0.2) is 0 Å². The molecule has 0 fully saturated rings. The molecule has 3 atom stereocenters. The lowest BCUT2D eigenvalue weighted by molar-refractivity contribution is -0.143. The van der Waals surface area contributed by atoms with Gasteiger partial charge in [0, 0.05) is 12.8 Å². The van der Waals surface area contributed by atoms with Crippen molar-refractivity contribution in [3.05, 3.63) is 0 Å². The number of aliphatic carboxylic acids is 3. The van der Waals surface area contributed by atoms with Gasteiger partial charge < -0.3 is 47.4 Å². The maximum Gasteiger partial charge on any atom is 0.326 e. The predicted molar refractivity (Wildman–Crippen MR) is 106 cm³/mol. The van der Waals surface area contributed by atoms with Gasteiger partial charge in [-0.1, -0.05) is 0 Å². The van der Waals surface area contributed by atoms with Gasteiger partial charge in [-0.05, 0) is 12.8 Å². The lowest BCUT2D eigenvalue weighted by atomic mass is 10.1. The van der Waals surface area contributed by atoms with Crippen LogP contribution in [0.2, 0.25) is 0 Å². The van der Waals surface area contributed by atoms with Crippen LogP contribution in [0.25, 0.3) is 0 Å². The largest absolute Gasteiger partial charge is 0.481 e. The highest BCUT2D eigenvalue weighted by atomic mass is 16.4. The van der Waals surface area contributed by atoms with Crippen LogP contribution in [0.4, 0.5) is 0 Å². The minimum absolute atomic E-state index is 0.161. The van der Waals surface area contributed by atoms with E-state index in [1.807, 2.05) is 5.32 Å². The smallest absolute Gasteiger partial charge is 0.326 e. The third-order valence-corrected chi connectivity index (χ3v) is 3.97. The molecule has 0 aromatic carbocycles. The Morgan fingerprint density at radius 1 is 0.697 bits per heavy atom. The second-order valence-corrected chi connectivity index (χ2v) is 6.67. The zero-order valence-electron chi connectivity index (χ0n) is 17.4. The van der Waals surface area contributed by atoms with Crippen molar-refractivity contribution in [3.8, 4) is 0 Å². The normalized spacial score (nSPS) is 13.0. The van der Waals surface area contributed by atoms with Crippen molar-refractivity contribution in [2.24, 2.45) is 5.73 Å². The van der Waals surface area contributed by atoms with Crippen molar-refractivity contribution in [1.29, 1.82) is 0 Å². The molecule has 0 aliphatic heterocycles. The average Bonchev–Trinajstić information content (AvgIpc) is 2.74. The summed E-state index contributed by atoms with van der Waals surface area (Å²) >= 11 is 0. The fourth-order valence-corrected chi connectivity index (χ4v) is 2.21. The molecule has 0 bridgehead atoms. The molecule has 33 heavy (non-hydrogen) atoms. The Labute approximate surface area is 186 Å². The molecule has 0 saturated carbocycles. The van der Waals surface area contributed by atoms with Crippen molar-refractivity contribution in [3.63, 3.8) is 0 Å². The lowest BCUT2D eigenvalue weighted by Crippen LogP contribution is -2.54. The molecule has 0 aliphatic carbocycles. The van der Waals surface area contributed by atoms with Gasteiger partial charge >= 0.3 is 17.9 Å². The number of amides is 4. The molecule has 0 saturated heterocycles. The highest BCUT2D eigenvalue weighted by Crippen LogP contribution is 1.98. The molecule has 0 rings (SSSR count). The molecule has 186 valence electrons. The summed E-state index contributed by atoms with van der Waals surface area (Å²) in [6, 6.07) is -4.18. The summed E-state index contributed by atoms with van der Waals surface area (Å²) in [4.78, 5) is 79.4. The summed E-state index contributed by atoms with van der Waals surface area (Å²) < 4.78 is 0. The third kappa shape index (κ3) is 13.3. The van der Waals surface area contributed by atoms with Crippen LogP contribution in [-0.2, 0) is 33.6 Å². The zero-order valence-corrected chi connectivity index (χ0v) is 17.4. The number of rotatable bonds is 16. The van der Waals surface area contributed by atoms with Gasteiger partial charge in [-0.15, -0.1) is 0 Å². The molecule has 0 heterocycles. The minimum Gasteiger partial charge on any atom is -0.481 e. The molecule has 0 radical (unpaired) electrons. The van der Waals surface area contributed by atoms with Crippen LogP contribution in [0, 0.1) is 0 Å². The van der Waals surface area contributed by atoms with Crippen molar-refractivity contribution < 1.29 is 54.0 Å². The molecule has 0 aromatic rings. The van der Waals surface area contributed by atoms with Gasteiger partial charge in [0.25, 0.3) is 0 Å². The van der Waals surface area contributed by atoms with Gasteiger partial charge in [0.1, 0.15) is 12.1 Å². The van der Waals surface area contributed by atoms with E-state index in [2.05, 4.69) is 16.0 Å². The fraction of sp³-hybridized carbons (Fsp3) is 0.588. The second kappa shape index (κ2) is 15.1. The third-order valence-electron chi connectivity index (χ3n) is 3.97. The molecular weight excluding hydrogens is 450 g/mol. The number of hydrogen-bond donors (Lipinski definition) is 9. The Morgan fingerprint density at radius 3 is 1.61 bits per heavy atom. The van der Waals surface area contributed by atoms with Crippen LogP contribution in [0.1, 0.15) is 25.7 Å². The van der Waals surface area contributed by atoms with E-state index in [-0.39, 0.29) is 19.3 Å². The number of hydrogen-bond acceptors (Lipinski definition) is 9. The van der Waals surface area contributed by atoms with Gasteiger partial charge in [0.05, 0.1) is 25.7 Å². The number of nitrogens with one attached hydrogen (secondary N) is 4. The average molecular weight is 477 g/mol. The summed E-state index contributed by atoms with van der Waals surface area (Å²) in [7, 11) is 0. The molecular formula is C17H27N5O11. The van der Waals surface area contributed by atoms with E-state index < -0.39 is 85.8 Å². The molecule has 0 aromatic heterocycles. The molecule has 0 spiro atoms. The van der Waals surface area contributed by atoms with Gasteiger partial charge in [-0.25, -0.2) is 4.79 Å². The topological polar surface area (TPSA) is 275 Å². The number of carbonyl (C=O) groups is 7. The number of aliphatic hydroxyl groups is 1. The van der Waals surface area contributed by atoms with E-state index in [9.17, 15) is 38.7 Å². The minimum atomic E-state index is -1.51. The van der Waals surface area contributed by atoms with Crippen molar-refractivity contribution >= 4 is 41.5 Å². The first-order chi connectivity index (χ1) is 15.4. The van der Waals surface area contributed by atoms with Crippen LogP contribution in [0.3, 0.4) is 0 Å². The Hall–Kier alpha value is -3.79. The van der Waals surface area contributed by atoms with Crippen LogP contribution in [0.5, 0.6) is 0 Å². The highest BCUT2D eigenvalue weighted by molar-refractivity contribution is 5.93. The van der Waals surface area contributed by atoms with Gasteiger partial charge in [-0.2, -0.15) is 0 Å². The fourth-order valence-electron chi connectivity index (χ4n) is 2.21. The maximum atomic E-state index is 12.0. The zero-order chi connectivity index (χ0) is 25.6. The van der Waals surface area contributed by atoms with Gasteiger partial charge in [-0.3, -0.25) is 28.8 Å². The first-order valence-corrected chi connectivity index (χ1v) is 9.54. The Kier molecular flexibility index (Phi) is 13.4. The summed E-state index contributed by atoms with van der Waals surface area (Å²) in [5.74, 6) is -7.53. The van der Waals surface area contributed by atoms with Crippen LogP contribution >= 0.6 is 0 Å². The Morgan fingerprint density at radius 2 is 1.15 bits per heavy atom. The van der Waals surface area contributed by atoms with Crippen molar-refractivity contribution in [2.75, 3.05) is 19.7 Å². The molecule has 0 unspecified atom stereocenters. The first kappa shape index (κ1) is 29.2. The van der Waals surface area contributed by atoms with Crippen molar-refractivity contribution in [2.45, 2.75) is 43.8 Å². The Bertz CT molecular complexity index is 758. The summed E-state index contributed by atoms with van der Waals surface area (Å²) in [5.41, 5.74) is 5.47. The Balaban J connectivity index is 4.52. The molecule has 16 nitrogen and oxygen atoms in total. The highest BCUT2D eigenvalue weighted by Gasteiger charge is 2.24. The second-order valence-electron chi connectivity index (χ2n) is 6.67. The lowest BCUT2D eigenvalue weighted by Gasteiger charge is -2.18. The van der Waals surface area contributed by atoms with Crippen molar-refractivity contribution in [1.82, 2.24) is 21.3 Å².